The molecule has 20 heavy (non-hydrogen) atoms. The van der Waals surface area contributed by atoms with Gasteiger partial charge in [-0.3, -0.25) is 4.90 Å². The van der Waals surface area contributed by atoms with Gasteiger partial charge in [-0.1, -0.05) is 44.2 Å². The number of rotatable bonds is 6. The molecule has 1 aliphatic heterocycles. The van der Waals surface area contributed by atoms with E-state index in [1.54, 1.807) is 0 Å². The minimum Gasteiger partial charge on any atom is -0.329 e. The van der Waals surface area contributed by atoms with Crippen molar-refractivity contribution >= 4 is 0 Å². The first-order valence-corrected chi connectivity index (χ1v) is 7.78. The van der Waals surface area contributed by atoms with Gasteiger partial charge in [0.2, 0.25) is 0 Å². The van der Waals surface area contributed by atoms with Crippen molar-refractivity contribution in [3.05, 3.63) is 35.9 Å². The molecule has 0 spiro atoms. The van der Waals surface area contributed by atoms with Crippen LogP contribution in [0.3, 0.4) is 0 Å². The lowest BCUT2D eigenvalue weighted by atomic mass is 9.85. The van der Waals surface area contributed by atoms with E-state index in [4.69, 9.17) is 5.73 Å². The van der Waals surface area contributed by atoms with Gasteiger partial charge in [0.25, 0.3) is 0 Å². The second kappa shape index (κ2) is 7.21. The summed E-state index contributed by atoms with van der Waals surface area (Å²) >= 11 is 0. The summed E-state index contributed by atoms with van der Waals surface area (Å²) in [5.41, 5.74) is 7.40. The summed E-state index contributed by atoms with van der Waals surface area (Å²) in [5.74, 6) is 0. The van der Waals surface area contributed by atoms with Crippen LogP contribution in [0.25, 0.3) is 0 Å². The zero-order chi connectivity index (χ0) is 14.4. The van der Waals surface area contributed by atoms with Gasteiger partial charge < -0.3 is 10.6 Å². The topological polar surface area (TPSA) is 32.5 Å². The third-order valence-electron chi connectivity index (χ3n) is 4.09. The van der Waals surface area contributed by atoms with Crippen LogP contribution in [0.2, 0.25) is 0 Å². The first-order valence-electron chi connectivity index (χ1n) is 7.78. The van der Waals surface area contributed by atoms with Gasteiger partial charge in [-0.2, -0.15) is 0 Å². The normalized spacial score (nSPS) is 18.4. The summed E-state index contributed by atoms with van der Waals surface area (Å²) in [5, 5.41) is 0. The van der Waals surface area contributed by atoms with E-state index in [-0.39, 0.29) is 0 Å². The van der Waals surface area contributed by atoms with Crippen LogP contribution in [-0.4, -0.2) is 55.6 Å². The molecule has 0 aliphatic carbocycles. The minimum atomic E-state index is 0.331. The quantitative estimate of drug-likeness (QED) is 0.860. The van der Waals surface area contributed by atoms with Crippen molar-refractivity contribution in [2.75, 3.05) is 45.8 Å². The maximum absolute atomic E-state index is 5.63. The fourth-order valence-corrected chi connectivity index (χ4v) is 3.16. The molecule has 0 saturated carbocycles. The van der Waals surface area contributed by atoms with E-state index in [0.29, 0.717) is 5.41 Å². The van der Waals surface area contributed by atoms with Crippen molar-refractivity contribution in [3.8, 4) is 0 Å². The molecule has 1 aromatic carbocycles. The summed E-state index contributed by atoms with van der Waals surface area (Å²) < 4.78 is 0. The maximum Gasteiger partial charge on any atom is 0.0110 e. The Balaban J connectivity index is 1.80. The van der Waals surface area contributed by atoms with Gasteiger partial charge in [-0.25, -0.2) is 0 Å². The smallest absolute Gasteiger partial charge is 0.0110 e. The van der Waals surface area contributed by atoms with E-state index in [1.807, 2.05) is 0 Å². The maximum atomic E-state index is 5.63. The number of nitrogens with two attached hydrogens (primary N) is 1. The predicted molar refractivity (Wildman–Crippen MR) is 85.9 cm³/mol. The first kappa shape index (κ1) is 15.5. The molecule has 2 N–H and O–H groups in total. The molecule has 112 valence electrons. The zero-order valence-electron chi connectivity index (χ0n) is 13.0. The Bertz CT molecular complexity index is 380. The number of hydrogen-bond donors (Lipinski definition) is 1. The molecule has 1 saturated heterocycles. The molecule has 3 nitrogen and oxygen atoms in total. The number of piperazine rings is 1. The van der Waals surface area contributed by atoms with Gasteiger partial charge in [0.15, 0.2) is 0 Å². The lowest BCUT2D eigenvalue weighted by molar-refractivity contribution is 0.0985. The van der Waals surface area contributed by atoms with Crippen LogP contribution < -0.4 is 5.73 Å². The molecule has 1 fully saturated rings. The van der Waals surface area contributed by atoms with Crippen molar-refractivity contribution in [1.29, 1.82) is 0 Å². The molecule has 1 aromatic rings. The summed E-state index contributed by atoms with van der Waals surface area (Å²) in [6.45, 7) is 12.4. The van der Waals surface area contributed by atoms with Gasteiger partial charge in [0, 0.05) is 45.8 Å². The molecule has 0 amide bonds. The Morgan fingerprint density at radius 3 is 2.20 bits per heavy atom. The molecule has 3 heteroatoms. The lowest BCUT2D eigenvalue weighted by Gasteiger charge is -2.39. The predicted octanol–water partition coefficient (Wildman–Crippen LogP) is 1.83. The van der Waals surface area contributed by atoms with Crippen molar-refractivity contribution < 1.29 is 0 Å². The monoisotopic (exact) mass is 275 g/mol. The largest absolute Gasteiger partial charge is 0.329 e. The highest BCUT2D eigenvalue weighted by Gasteiger charge is 2.24. The van der Waals surface area contributed by atoms with Crippen LogP contribution in [0, 0.1) is 5.41 Å². The van der Waals surface area contributed by atoms with Crippen molar-refractivity contribution in [2.45, 2.75) is 20.3 Å². The van der Waals surface area contributed by atoms with E-state index in [9.17, 15) is 0 Å². The van der Waals surface area contributed by atoms with Crippen LogP contribution in [0.5, 0.6) is 0 Å². The molecular formula is C17H29N3. The van der Waals surface area contributed by atoms with E-state index in [0.717, 1.165) is 19.5 Å². The van der Waals surface area contributed by atoms with Gasteiger partial charge in [0.05, 0.1) is 0 Å². The highest BCUT2D eigenvalue weighted by atomic mass is 15.3. The Labute approximate surface area is 123 Å². The van der Waals surface area contributed by atoms with E-state index < -0.39 is 0 Å². The Morgan fingerprint density at radius 1 is 1.00 bits per heavy atom. The van der Waals surface area contributed by atoms with Gasteiger partial charge >= 0.3 is 0 Å². The average molecular weight is 275 g/mol. The second-order valence-electron chi connectivity index (χ2n) is 6.73. The lowest BCUT2D eigenvalue weighted by Crippen LogP contribution is -2.50. The molecule has 2 rings (SSSR count). The van der Waals surface area contributed by atoms with Crippen LogP contribution in [-0.2, 0) is 6.42 Å². The molecule has 0 atom stereocenters. The first-order chi connectivity index (χ1) is 9.59. The van der Waals surface area contributed by atoms with Gasteiger partial charge in [-0.15, -0.1) is 0 Å². The van der Waals surface area contributed by atoms with Crippen molar-refractivity contribution in [1.82, 2.24) is 9.80 Å². The van der Waals surface area contributed by atoms with Gasteiger partial charge in [-0.05, 0) is 17.4 Å². The standard InChI is InChI=1S/C17H29N3/c1-17(2,14-16-6-4-3-5-7-16)15-20-12-10-19(9-8-18)11-13-20/h3-7H,8-15,18H2,1-2H3. The van der Waals surface area contributed by atoms with E-state index >= 15 is 0 Å². The molecule has 0 bridgehead atoms. The van der Waals surface area contributed by atoms with Crippen LogP contribution in [0.4, 0.5) is 0 Å². The van der Waals surface area contributed by atoms with E-state index in [2.05, 4.69) is 54.0 Å². The second-order valence-corrected chi connectivity index (χ2v) is 6.73. The summed E-state index contributed by atoms with van der Waals surface area (Å²) in [6.07, 6.45) is 1.15. The third kappa shape index (κ3) is 4.89. The summed E-state index contributed by atoms with van der Waals surface area (Å²) in [7, 11) is 0. The number of hydrogen-bond acceptors (Lipinski definition) is 3. The number of benzene rings is 1. The Morgan fingerprint density at radius 2 is 1.60 bits per heavy atom. The van der Waals surface area contributed by atoms with Crippen LogP contribution in [0.15, 0.2) is 30.3 Å². The van der Waals surface area contributed by atoms with Crippen LogP contribution in [0.1, 0.15) is 19.4 Å². The highest BCUT2D eigenvalue weighted by Crippen LogP contribution is 2.23. The molecule has 0 aromatic heterocycles. The van der Waals surface area contributed by atoms with E-state index in [1.165, 1.54) is 38.3 Å². The van der Waals surface area contributed by atoms with Gasteiger partial charge in [0.1, 0.15) is 0 Å². The SMILES string of the molecule is CC(C)(Cc1ccccc1)CN1CCN(CCN)CC1. The Kier molecular flexibility index (Phi) is 5.58. The van der Waals surface area contributed by atoms with Crippen molar-refractivity contribution in [2.24, 2.45) is 11.1 Å². The Hall–Kier alpha value is -0.900. The molecule has 1 heterocycles. The molecule has 1 aliphatic rings. The highest BCUT2D eigenvalue weighted by molar-refractivity contribution is 5.16. The summed E-state index contributed by atoms with van der Waals surface area (Å²) in [4.78, 5) is 5.08. The minimum absolute atomic E-state index is 0.331. The average Bonchev–Trinajstić information content (AvgIpc) is 2.41. The summed E-state index contributed by atoms with van der Waals surface area (Å²) in [6, 6.07) is 10.8. The fraction of sp³-hybridized carbons (Fsp3) is 0.647. The van der Waals surface area contributed by atoms with Crippen molar-refractivity contribution in [3.63, 3.8) is 0 Å². The molecular weight excluding hydrogens is 246 g/mol. The zero-order valence-corrected chi connectivity index (χ0v) is 13.0. The van der Waals surface area contributed by atoms with Crippen LogP contribution >= 0.6 is 0 Å². The molecule has 0 radical (unpaired) electrons. The fourth-order valence-electron chi connectivity index (χ4n) is 3.16. The molecule has 0 unspecified atom stereocenters. The third-order valence-corrected chi connectivity index (χ3v) is 4.09. The number of nitrogens with zero attached hydrogens (tertiary/aromatic N) is 2.